The van der Waals surface area contributed by atoms with Gasteiger partial charge < -0.3 is 0 Å². The van der Waals surface area contributed by atoms with Gasteiger partial charge in [-0.2, -0.15) is 0 Å². The molecule has 0 aliphatic heterocycles. The molecule has 1 heterocycles. The highest BCUT2D eigenvalue weighted by atomic mass is 14.7. The highest BCUT2D eigenvalue weighted by Gasteiger charge is 2.10. The van der Waals surface area contributed by atoms with Gasteiger partial charge in [-0.05, 0) is 114 Å². The van der Waals surface area contributed by atoms with Crippen LogP contribution in [0.3, 0.4) is 0 Å². The summed E-state index contributed by atoms with van der Waals surface area (Å²) < 4.78 is 0. The van der Waals surface area contributed by atoms with Gasteiger partial charge in [0.25, 0.3) is 0 Å². The molecule has 226 valence electrons. The second-order valence-electron chi connectivity index (χ2n) is 11.7. The lowest BCUT2D eigenvalue weighted by atomic mass is 9.88. The second-order valence-corrected chi connectivity index (χ2v) is 11.7. The average molecular weight is 564 g/mol. The Morgan fingerprint density at radius 2 is 1.40 bits per heavy atom. The monoisotopic (exact) mass is 563 g/mol. The van der Waals surface area contributed by atoms with Crippen LogP contribution in [-0.4, -0.2) is 4.98 Å². The van der Waals surface area contributed by atoms with Gasteiger partial charge in [0.15, 0.2) is 0 Å². The van der Waals surface area contributed by atoms with Crippen LogP contribution in [0.15, 0.2) is 109 Å². The molecule has 1 heteroatoms. The van der Waals surface area contributed by atoms with Crippen LogP contribution in [-0.2, 0) is 12.8 Å². The fourth-order valence-corrected chi connectivity index (χ4v) is 4.45. The van der Waals surface area contributed by atoms with Crippen LogP contribution in [0.25, 0.3) is 16.5 Å². The van der Waals surface area contributed by atoms with E-state index in [1.807, 2.05) is 34.6 Å². The lowest BCUT2D eigenvalue weighted by Gasteiger charge is -2.18. The predicted octanol–water partition coefficient (Wildman–Crippen LogP) is 12.6. The summed E-state index contributed by atoms with van der Waals surface area (Å²) in [4.78, 5) is 4.64. The quantitative estimate of drug-likeness (QED) is 0.248. The lowest BCUT2D eigenvalue weighted by molar-refractivity contribution is 0.630. The van der Waals surface area contributed by atoms with Gasteiger partial charge in [0.2, 0.25) is 0 Å². The molecule has 3 aromatic rings. The van der Waals surface area contributed by atoms with Crippen LogP contribution >= 0.6 is 0 Å². The first-order chi connectivity index (χ1) is 20.0. The maximum Gasteiger partial charge on any atom is 0.0709 e. The molecule has 0 amide bonds. The topological polar surface area (TPSA) is 12.9 Å². The van der Waals surface area contributed by atoms with E-state index in [9.17, 15) is 0 Å². The Kier molecular flexibility index (Phi) is 17.1. The van der Waals surface area contributed by atoms with Crippen molar-refractivity contribution < 1.29 is 0 Å². The van der Waals surface area contributed by atoms with E-state index >= 15 is 0 Å². The van der Waals surface area contributed by atoms with Crippen molar-refractivity contribution in [1.29, 1.82) is 0 Å². The molecule has 0 saturated heterocycles. The summed E-state index contributed by atoms with van der Waals surface area (Å²) in [5, 5.41) is 1.20. The van der Waals surface area contributed by atoms with Crippen molar-refractivity contribution in [2.75, 3.05) is 0 Å². The molecule has 0 N–H and O–H groups in total. The molecule has 0 bridgehead atoms. The molecule has 2 aromatic carbocycles. The van der Waals surface area contributed by atoms with Crippen molar-refractivity contribution in [2.24, 2.45) is 5.92 Å². The number of aryl methyl sites for hydroxylation is 3. The van der Waals surface area contributed by atoms with E-state index < -0.39 is 0 Å². The summed E-state index contributed by atoms with van der Waals surface area (Å²) in [6, 6.07) is 19.5. The smallest absolute Gasteiger partial charge is 0.0709 e. The minimum Gasteiger partial charge on any atom is -0.248 e. The normalized spacial score (nSPS) is 12.6. The first-order valence-corrected chi connectivity index (χ1v) is 15.7. The Morgan fingerprint density at radius 1 is 0.810 bits per heavy atom. The lowest BCUT2D eigenvalue weighted by Crippen LogP contribution is -2.01. The number of fused-ring (bicyclic) bond motifs is 1. The number of allylic oxidation sites excluding steroid dienone is 7. The number of benzene rings is 2. The third-order valence-electron chi connectivity index (χ3n) is 7.18. The number of hydrogen-bond acceptors (Lipinski definition) is 1. The summed E-state index contributed by atoms with van der Waals surface area (Å²) in [7, 11) is 0. The summed E-state index contributed by atoms with van der Waals surface area (Å²) in [6.07, 6.45) is 11.5. The van der Waals surface area contributed by atoms with Crippen molar-refractivity contribution in [2.45, 2.75) is 101 Å². The zero-order chi connectivity index (χ0) is 31.7. The van der Waals surface area contributed by atoms with Gasteiger partial charge in [-0.15, -0.1) is 6.58 Å². The number of hydrogen-bond donors (Lipinski definition) is 0. The molecule has 0 radical (unpaired) electrons. The van der Waals surface area contributed by atoms with Crippen molar-refractivity contribution >= 4 is 16.5 Å². The van der Waals surface area contributed by atoms with E-state index in [0.717, 1.165) is 36.0 Å². The maximum atomic E-state index is 4.64. The third kappa shape index (κ3) is 13.9. The van der Waals surface area contributed by atoms with Gasteiger partial charge in [-0.25, -0.2) is 4.98 Å². The summed E-state index contributed by atoms with van der Waals surface area (Å²) in [5.41, 5.74) is 12.7. The van der Waals surface area contributed by atoms with Crippen molar-refractivity contribution in [3.63, 3.8) is 0 Å². The SMILES string of the molecule is C=C(C)C.C=C(C)c1ccc2cc(CCc3ccc(C)cc3)ccc2n1.C=C(CC)C(C)CC1=CC=C(C)CC1.CC. The summed E-state index contributed by atoms with van der Waals surface area (Å²) in [6.45, 7) is 30.4. The molecule has 0 fully saturated rings. The van der Waals surface area contributed by atoms with E-state index in [1.54, 1.807) is 5.57 Å². The molecule has 0 spiro atoms. The highest BCUT2D eigenvalue weighted by Crippen LogP contribution is 2.27. The highest BCUT2D eigenvalue weighted by molar-refractivity contribution is 5.81. The van der Waals surface area contributed by atoms with Crippen LogP contribution in [0.5, 0.6) is 0 Å². The van der Waals surface area contributed by atoms with Crippen molar-refractivity contribution in [3.05, 3.63) is 131 Å². The zero-order valence-corrected chi connectivity index (χ0v) is 28.2. The minimum absolute atomic E-state index is 0.651. The first-order valence-electron chi connectivity index (χ1n) is 15.7. The van der Waals surface area contributed by atoms with E-state index in [2.05, 4.69) is 119 Å². The number of aromatic nitrogens is 1. The molecule has 1 atom stereocenters. The molecule has 1 aliphatic carbocycles. The van der Waals surface area contributed by atoms with E-state index in [0.29, 0.717) is 5.92 Å². The number of rotatable bonds is 8. The second kappa shape index (κ2) is 19.6. The Morgan fingerprint density at radius 3 is 1.95 bits per heavy atom. The van der Waals surface area contributed by atoms with Crippen LogP contribution in [0.1, 0.15) is 103 Å². The van der Waals surface area contributed by atoms with E-state index in [-0.39, 0.29) is 0 Å². The average Bonchev–Trinajstić information content (AvgIpc) is 2.98. The van der Waals surface area contributed by atoms with Crippen molar-refractivity contribution in [3.8, 4) is 0 Å². The Balaban J connectivity index is 0.000000379. The summed E-state index contributed by atoms with van der Waals surface area (Å²) in [5.74, 6) is 0.651. The van der Waals surface area contributed by atoms with E-state index in [4.69, 9.17) is 0 Å². The number of pyridine rings is 1. The Hall–Kier alpha value is -3.45. The predicted molar refractivity (Wildman–Crippen MR) is 191 cm³/mol. The van der Waals surface area contributed by atoms with Gasteiger partial charge in [0.1, 0.15) is 0 Å². The van der Waals surface area contributed by atoms with Crippen molar-refractivity contribution in [1.82, 2.24) is 4.98 Å². The molecule has 1 unspecified atom stereocenters. The fraction of sp³-hybridized carbons (Fsp3) is 0.390. The number of nitrogens with zero attached hydrogens (tertiary/aromatic N) is 1. The van der Waals surface area contributed by atoms with Gasteiger partial charge in [0.05, 0.1) is 11.2 Å². The molecule has 0 saturated carbocycles. The third-order valence-corrected chi connectivity index (χ3v) is 7.18. The fourth-order valence-electron chi connectivity index (χ4n) is 4.45. The molecular formula is C41H57N. The molecule has 1 aromatic heterocycles. The Bertz CT molecular complexity index is 1340. The molecular weight excluding hydrogens is 506 g/mol. The first kappa shape index (κ1) is 36.6. The molecule has 1 aliphatic rings. The summed E-state index contributed by atoms with van der Waals surface area (Å²) >= 11 is 0. The largest absolute Gasteiger partial charge is 0.248 e. The molecule has 42 heavy (non-hydrogen) atoms. The van der Waals surface area contributed by atoms with Gasteiger partial charge in [-0.3, -0.25) is 0 Å². The van der Waals surface area contributed by atoms with Gasteiger partial charge >= 0.3 is 0 Å². The van der Waals surface area contributed by atoms with Crippen LogP contribution < -0.4 is 0 Å². The Labute approximate surface area is 258 Å². The zero-order valence-electron chi connectivity index (χ0n) is 28.2. The van der Waals surface area contributed by atoms with Crippen LogP contribution in [0, 0.1) is 12.8 Å². The maximum absolute atomic E-state index is 4.64. The van der Waals surface area contributed by atoms with Gasteiger partial charge in [0, 0.05) is 5.39 Å². The standard InChI is InChI=1S/C21H21N.C14H22.C4H8.C2H6/c1-15(2)20-13-11-19-14-18(10-12-21(19)22-20)9-8-17-6-4-16(3)5-7-17;1-5-12(3)13(4)10-14-8-6-11(2)7-9-14;1-4(2)3;1-2/h4-7,10-14H,1,8-9H2,2-3H3;6,8,13H,3,5,7,9-10H2,1-2,4H3;1H2,2-3H3;1-2H3. The van der Waals surface area contributed by atoms with Crippen LogP contribution in [0.4, 0.5) is 0 Å². The molecule has 1 nitrogen and oxygen atoms in total. The van der Waals surface area contributed by atoms with Gasteiger partial charge in [-0.1, -0.05) is 117 Å². The minimum atomic E-state index is 0.651. The molecule has 4 rings (SSSR count). The van der Waals surface area contributed by atoms with Crippen LogP contribution in [0.2, 0.25) is 0 Å². The van der Waals surface area contributed by atoms with E-state index in [1.165, 1.54) is 58.1 Å².